The standard InChI is InChI=1S/C33H52O2/c1-4-5-6-7-8-9-10-11-12-13-14-15-16-17-18-19-20-31(29-21-23-32(34)27(2)25-29)30-22-24-33(35)28(3)26-30/h21-26,31,34-35H,4-20H2,1-3H3. The first-order valence-corrected chi connectivity index (χ1v) is 14.6. The van der Waals surface area contributed by atoms with Crippen LogP contribution in [-0.2, 0) is 0 Å². The second-order valence-electron chi connectivity index (χ2n) is 10.7. The Morgan fingerprint density at radius 1 is 0.514 bits per heavy atom. The third kappa shape index (κ3) is 11.5. The summed E-state index contributed by atoms with van der Waals surface area (Å²) < 4.78 is 0. The van der Waals surface area contributed by atoms with Crippen LogP contribution in [-0.4, -0.2) is 10.2 Å². The first-order valence-electron chi connectivity index (χ1n) is 14.6. The Bertz CT molecular complexity index is 774. The fourth-order valence-corrected chi connectivity index (χ4v) is 5.21. The average molecular weight is 481 g/mol. The number of rotatable bonds is 19. The summed E-state index contributed by atoms with van der Waals surface area (Å²) in [6.07, 6.45) is 23.3. The molecule has 2 aromatic carbocycles. The number of aryl methyl sites for hydroxylation is 2. The first kappa shape index (κ1) is 29.3. The molecule has 0 aliphatic rings. The van der Waals surface area contributed by atoms with Crippen molar-refractivity contribution in [2.75, 3.05) is 0 Å². The van der Waals surface area contributed by atoms with E-state index in [9.17, 15) is 10.2 Å². The normalized spacial score (nSPS) is 11.4. The number of hydrogen-bond donors (Lipinski definition) is 2. The molecule has 0 radical (unpaired) electrons. The van der Waals surface area contributed by atoms with Crippen LogP contribution in [0.2, 0.25) is 0 Å². The van der Waals surface area contributed by atoms with Crippen LogP contribution in [0.5, 0.6) is 11.5 Å². The van der Waals surface area contributed by atoms with Gasteiger partial charge in [0.25, 0.3) is 0 Å². The van der Waals surface area contributed by atoms with Crippen molar-refractivity contribution in [2.24, 2.45) is 0 Å². The van der Waals surface area contributed by atoms with Gasteiger partial charge in [0.05, 0.1) is 0 Å². The summed E-state index contributed by atoms with van der Waals surface area (Å²) in [7, 11) is 0. The molecule has 0 heterocycles. The van der Waals surface area contributed by atoms with Gasteiger partial charge in [-0.15, -0.1) is 0 Å². The highest BCUT2D eigenvalue weighted by molar-refractivity contribution is 5.43. The molecule has 0 bridgehead atoms. The van der Waals surface area contributed by atoms with Crippen LogP contribution < -0.4 is 0 Å². The van der Waals surface area contributed by atoms with Crippen LogP contribution in [0.3, 0.4) is 0 Å². The van der Waals surface area contributed by atoms with E-state index in [0.29, 0.717) is 17.4 Å². The van der Waals surface area contributed by atoms with Crippen molar-refractivity contribution in [2.45, 2.75) is 136 Å². The lowest BCUT2D eigenvalue weighted by Gasteiger charge is -2.20. The average Bonchev–Trinajstić information content (AvgIpc) is 2.85. The lowest BCUT2D eigenvalue weighted by atomic mass is 9.85. The SMILES string of the molecule is CCCCCCCCCCCCCCCCCCC(c1ccc(O)c(C)c1)c1ccc(O)c(C)c1. The third-order valence-corrected chi connectivity index (χ3v) is 7.59. The predicted octanol–water partition coefficient (Wildman–Crippen LogP) is 10.5. The second kappa shape index (κ2) is 17.5. The molecule has 0 amide bonds. The molecule has 0 saturated carbocycles. The van der Waals surface area contributed by atoms with Gasteiger partial charge < -0.3 is 10.2 Å². The maximum absolute atomic E-state index is 9.97. The summed E-state index contributed by atoms with van der Waals surface area (Å²) in [6.45, 7) is 6.22. The molecule has 35 heavy (non-hydrogen) atoms. The molecule has 0 aliphatic heterocycles. The van der Waals surface area contributed by atoms with Gasteiger partial charge in [-0.2, -0.15) is 0 Å². The van der Waals surface area contributed by atoms with Gasteiger partial charge in [-0.1, -0.05) is 134 Å². The summed E-state index contributed by atoms with van der Waals surface area (Å²) in [5, 5.41) is 19.9. The summed E-state index contributed by atoms with van der Waals surface area (Å²) in [5.74, 6) is 1.02. The number of hydrogen-bond acceptors (Lipinski definition) is 2. The van der Waals surface area contributed by atoms with Crippen molar-refractivity contribution in [1.82, 2.24) is 0 Å². The number of benzene rings is 2. The van der Waals surface area contributed by atoms with Crippen LogP contribution in [0, 0.1) is 13.8 Å². The molecule has 0 aromatic heterocycles. The smallest absolute Gasteiger partial charge is 0.118 e. The number of phenols is 2. The van der Waals surface area contributed by atoms with Gasteiger partial charge in [-0.05, 0) is 54.7 Å². The monoisotopic (exact) mass is 480 g/mol. The van der Waals surface area contributed by atoms with Crippen molar-refractivity contribution in [1.29, 1.82) is 0 Å². The van der Waals surface area contributed by atoms with E-state index in [4.69, 9.17) is 0 Å². The van der Waals surface area contributed by atoms with E-state index in [2.05, 4.69) is 31.2 Å². The minimum Gasteiger partial charge on any atom is -0.508 e. The summed E-state index contributed by atoms with van der Waals surface area (Å²) >= 11 is 0. The minimum absolute atomic E-state index is 0.306. The summed E-state index contributed by atoms with van der Waals surface area (Å²) in [4.78, 5) is 0. The number of unbranched alkanes of at least 4 members (excludes halogenated alkanes) is 15. The van der Waals surface area contributed by atoms with E-state index in [1.165, 1.54) is 114 Å². The number of phenolic OH excluding ortho intramolecular Hbond substituents is 2. The molecule has 2 nitrogen and oxygen atoms in total. The topological polar surface area (TPSA) is 40.5 Å². The Morgan fingerprint density at radius 3 is 1.20 bits per heavy atom. The Balaban J connectivity index is 1.62. The van der Waals surface area contributed by atoms with Gasteiger partial charge >= 0.3 is 0 Å². The van der Waals surface area contributed by atoms with Crippen LogP contribution in [0.25, 0.3) is 0 Å². The van der Waals surface area contributed by atoms with Gasteiger partial charge in [0.1, 0.15) is 11.5 Å². The van der Waals surface area contributed by atoms with E-state index >= 15 is 0 Å². The second-order valence-corrected chi connectivity index (χ2v) is 10.7. The molecule has 0 spiro atoms. The highest BCUT2D eigenvalue weighted by Gasteiger charge is 2.16. The summed E-state index contributed by atoms with van der Waals surface area (Å²) in [6, 6.07) is 12.0. The molecule has 2 aromatic rings. The quantitative estimate of drug-likeness (QED) is 0.196. The molecule has 2 rings (SSSR count). The molecular weight excluding hydrogens is 428 g/mol. The van der Waals surface area contributed by atoms with Gasteiger partial charge in [-0.3, -0.25) is 0 Å². The molecule has 0 fully saturated rings. The molecule has 0 unspecified atom stereocenters. The fraction of sp³-hybridized carbons (Fsp3) is 0.636. The van der Waals surface area contributed by atoms with Gasteiger partial charge in [-0.25, -0.2) is 0 Å². The van der Waals surface area contributed by atoms with Crippen LogP contribution >= 0.6 is 0 Å². The van der Waals surface area contributed by atoms with Gasteiger partial charge in [0.15, 0.2) is 0 Å². The molecule has 2 heteroatoms. The van der Waals surface area contributed by atoms with Crippen molar-refractivity contribution < 1.29 is 10.2 Å². The zero-order chi connectivity index (χ0) is 25.3. The highest BCUT2D eigenvalue weighted by atomic mass is 16.3. The van der Waals surface area contributed by atoms with E-state index in [0.717, 1.165) is 17.5 Å². The zero-order valence-corrected chi connectivity index (χ0v) is 23.0. The number of aromatic hydroxyl groups is 2. The van der Waals surface area contributed by atoms with Crippen molar-refractivity contribution in [3.63, 3.8) is 0 Å². The van der Waals surface area contributed by atoms with Crippen molar-refractivity contribution in [3.05, 3.63) is 58.7 Å². The first-order chi connectivity index (χ1) is 17.0. The van der Waals surface area contributed by atoms with Crippen LogP contribution in [0.4, 0.5) is 0 Å². The Morgan fingerprint density at radius 2 is 0.857 bits per heavy atom. The summed E-state index contributed by atoms with van der Waals surface area (Å²) in [5.41, 5.74) is 4.36. The van der Waals surface area contributed by atoms with E-state index in [-0.39, 0.29) is 0 Å². The Hall–Kier alpha value is -1.96. The highest BCUT2D eigenvalue weighted by Crippen LogP contribution is 2.34. The van der Waals surface area contributed by atoms with Gasteiger partial charge in [0, 0.05) is 5.92 Å². The van der Waals surface area contributed by atoms with Crippen LogP contribution in [0.15, 0.2) is 36.4 Å². The third-order valence-electron chi connectivity index (χ3n) is 7.59. The van der Waals surface area contributed by atoms with Crippen LogP contribution in [0.1, 0.15) is 144 Å². The maximum Gasteiger partial charge on any atom is 0.118 e. The molecule has 2 N–H and O–H groups in total. The molecule has 0 saturated heterocycles. The predicted molar refractivity (Wildman–Crippen MR) is 152 cm³/mol. The molecule has 0 aliphatic carbocycles. The minimum atomic E-state index is 0.306. The molecule has 196 valence electrons. The molecule has 0 atom stereocenters. The van der Waals surface area contributed by atoms with Gasteiger partial charge in [0.2, 0.25) is 0 Å². The lowest BCUT2D eigenvalue weighted by Crippen LogP contribution is -2.02. The van der Waals surface area contributed by atoms with E-state index in [1.807, 2.05) is 26.0 Å². The van der Waals surface area contributed by atoms with E-state index < -0.39 is 0 Å². The molecular formula is C33H52O2. The maximum atomic E-state index is 9.97. The fourth-order valence-electron chi connectivity index (χ4n) is 5.21. The Kier molecular flexibility index (Phi) is 14.6. The van der Waals surface area contributed by atoms with E-state index in [1.54, 1.807) is 0 Å². The zero-order valence-electron chi connectivity index (χ0n) is 23.0. The van der Waals surface area contributed by atoms with Crippen molar-refractivity contribution in [3.8, 4) is 11.5 Å². The van der Waals surface area contributed by atoms with Crippen molar-refractivity contribution >= 4 is 0 Å². The lowest BCUT2D eigenvalue weighted by molar-refractivity contribution is 0.470. The largest absolute Gasteiger partial charge is 0.508 e. The Labute approximate surface area is 216 Å².